The molecule has 6 heteroatoms. The predicted octanol–water partition coefficient (Wildman–Crippen LogP) is 8.35. The van der Waals surface area contributed by atoms with E-state index in [0.717, 1.165) is 37.4 Å². The Morgan fingerprint density at radius 1 is 1.03 bits per heavy atom. The van der Waals surface area contributed by atoms with Gasteiger partial charge in [-0.05, 0) is 72.5 Å². The Bertz CT molecular complexity index is 1280. The molecule has 34 heavy (non-hydrogen) atoms. The molecule has 0 saturated carbocycles. The highest BCUT2D eigenvalue weighted by molar-refractivity contribution is 7.99. The Hall–Kier alpha value is -3.15. The molecule has 0 aliphatic carbocycles. The summed E-state index contributed by atoms with van der Waals surface area (Å²) in [5.74, 6) is 1.53. The third kappa shape index (κ3) is 5.85. The first-order valence-corrected chi connectivity index (χ1v) is 12.2. The molecule has 1 heterocycles. The largest absolute Gasteiger partial charge is 0.485 e. The van der Waals surface area contributed by atoms with Crippen molar-refractivity contribution >= 4 is 35.0 Å². The highest BCUT2D eigenvalue weighted by Crippen LogP contribution is 2.34. The van der Waals surface area contributed by atoms with Crippen molar-refractivity contribution in [1.29, 1.82) is 0 Å². The standard InChI is InChI=1S/C28H26ClNO3S/c1-18(2)22-16-23(29)19(3)15-26(22)32-17-20-13-14-25(33-20)28(31)30-24-11-7-8-12-27(24)34-21-9-5-4-6-10-21/h4-16,18H,17H2,1-3H3,(H,30,31). The zero-order valence-electron chi connectivity index (χ0n) is 19.3. The number of ether oxygens (including phenoxy) is 1. The molecule has 0 unspecified atom stereocenters. The lowest BCUT2D eigenvalue weighted by Gasteiger charge is -2.15. The number of hydrogen-bond acceptors (Lipinski definition) is 4. The van der Waals surface area contributed by atoms with Crippen LogP contribution in [0.4, 0.5) is 5.69 Å². The molecule has 0 atom stereocenters. The molecule has 4 aromatic rings. The highest BCUT2D eigenvalue weighted by Gasteiger charge is 2.16. The van der Waals surface area contributed by atoms with Gasteiger partial charge in [-0.15, -0.1) is 0 Å². The van der Waals surface area contributed by atoms with Gasteiger partial charge in [-0.2, -0.15) is 0 Å². The SMILES string of the molecule is Cc1cc(OCc2ccc(C(=O)Nc3ccccc3Sc3ccccc3)o2)c(C(C)C)cc1Cl. The minimum atomic E-state index is -0.308. The normalized spacial score (nSPS) is 11.0. The number of rotatable bonds is 8. The molecular formula is C28H26ClNO3S. The van der Waals surface area contributed by atoms with Crippen LogP contribution in [0.25, 0.3) is 0 Å². The van der Waals surface area contributed by atoms with Crippen molar-refractivity contribution in [2.75, 3.05) is 5.32 Å². The van der Waals surface area contributed by atoms with Crippen LogP contribution >= 0.6 is 23.4 Å². The molecule has 174 valence electrons. The zero-order valence-corrected chi connectivity index (χ0v) is 20.9. The lowest BCUT2D eigenvalue weighted by Crippen LogP contribution is -2.11. The second kappa shape index (κ2) is 10.9. The van der Waals surface area contributed by atoms with Crippen LogP contribution in [0.5, 0.6) is 5.75 Å². The van der Waals surface area contributed by atoms with E-state index in [9.17, 15) is 4.79 Å². The minimum Gasteiger partial charge on any atom is -0.485 e. The third-order valence-electron chi connectivity index (χ3n) is 5.27. The summed E-state index contributed by atoms with van der Waals surface area (Å²) in [5, 5.41) is 3.68. The lowest BCUT2D eigenvalue weighted by molar-refractivity contribution is 0.0992. The van der Waals surface area contributed by atoms with Gasteiger partial charge in [0.2, 0.25) is 0 Å². The summed E-state index contributed by atoms with van der Waals surface area (Å²) >= 11 is 7.88. The number of carbonyl (C=O) groups excluding carboxylic acids is 1. The first-order chi connectivity index (χ1) is 16.4. The summed E-state index contributed by atoms with van der Waals surface area (Å²) in [4.78, 5) is 14.9. The van der Waals surface area contributed by atoms with Crippen LogP contribution in [0.3, 0.4) is 0 Å². The van der Waals surface area contributed by atoms with E-state index in [2.05, 4.69) is 19.2 Å². The number of benzene rings is 3. The minimum absolute atomic E-state index is 0.217. The molecule has 0 saturated heterocycles. The topological polar surface area (TPSA) is 51.5 Å². The van der Waals surface area contributed by atoms with Crippen molar-refractivity contribution < 1.29 is 13.9 Å². The van der Waals surface area contributed by atoms with Gasteiger partial charge < -0.3 is 14.5 Å². The molecule has 3 aromatic carbocycles. The monoisotopic (exact) mass is 491 g/mol. The second-order valence-corrected chi connectivity index (χ2v) is 9.74. The van der Waals surface area contributed by atoms with E-state index < -0.39 is 0 Å². The van der Waals surface area contributed by atoms with Gasteiger partial charge in [-0.1, -0.05) is 67.5 Å². The maximum absolute atomic E-state index is 12.9. The first-order valence-electron chi connectivity index (χ1n) is 11.1. The Kier molecular flexibility index (Phi) is 7.66. The summed E-state index contributed by atoms with van der Waals surface area (Å²) in [6, 6.07) is 25.1. The maximum Gasteiger partial charge on any atom is 0.291 e. The van der Waals surface area contributed by atoms with E-state index in [1.807, 2.05) is 73.7 Å². The van der Waals surface area contributed by atoms with Gasteiger partial charge in [0, 0.05) is 14.8 Å². The van der Waals surface area contributed by atoms with Crippen LogP contribution in [-0.2, 0) is 6.61 Å². The van der Waals surface area contributed by atoms with E-state index in [4.69, 9.17) is 20.8 Å². The fourth-order valence-electron chi connectivity index (χ4n) is 3.43. The van der Waals surface area contributed by atoms with Crippen LogP contribution in [0.2, 0.25) is 5.02 Å². The van der Waals surface area contributed by atoms with Crippen molar-refractivity contribution in [2.24, 2.45) is 0 Å². The molecule has 0 aliphatic heterocycles. The van der Waals surface area contributed by atoms with E-state index in [-0.39, 0.29) is 24.2 Å². The van der Waals surface area contributed by atoms with Gasteiger partial charge in [0.25, 0.3) is 5.91 Å². The van der Waals surface area contributed by atoms with Crippen LogP contribution in [0.1, 0.15) is 47.2 Å². The molecular weight excluding hydrogens is 466 g/mol. The van der Waals surface area contributed by atoms with Crippen molar-refractivity contribution in [1.82, 2.24) is 0 Å². The average molecular weight is 492 g/mol. The quantitative estimate of drug-likeness (QED) is 0.269. The lowest BCUT2D eigenvalue weighted by atomic mass is 10.0. The number of hydrogen-bond donors (Lipinski definition) is 1. The van der Waals surface area contributed by atoms with Crippen LogP contribution < -0.4 is 10.1 Å². The predicted molar refractivity (Wildman–Crippen MR) is 138 cm³/mol. The molecule has 0 radical (unpaired) electrons. The van der Waals surface area contributed by atoms with Crippen LogP contribution in [0, 0.1) is 6.92 Å². The van der Waals surface area contributed by atoms with E-state index in [0.29, 0.717) is 5.76 Å². The zero-order chi connectivity index (χ0) is 24.1. The maximum atomic E-state index is 12.9. The van der Waals surface area contributed by atoms with Crippen LogP contribution in [-0.4, -0.2) is 5.91 Å². The van der Waals surface area contributed by atoms with Crippen molar-refractivity contribution in [2.45, 2.75) is 43.1 Å². The highest BCUT2D eigenvalue weighted by atomic mass is 35.5. The van der Waals surface area contributed by atoms with Crippen molar-refractivity contribution in [3.05, 3.63) is 107 Å². The fourth-order valence-corrected chi connectivity index (χ4v) is 4.53. The molecule has 4 nitrogen and oxygen atoms in total. The van der Waals surface area contributed by atoms with Gasteiger partial charge in [-0.25, -0.2) is 0 Å². The van der Waals surface area contributed by atoms with Crippen molar-refractivity contribution in [3.63, 3.8) is 0 Å². The molecule has 1 aromatic heterocycles. The molecule has 0 fully saturated rings. The van der Waals surface area contributed by atoms with Crippen LogP contribution in [0.15, 0.2) is 93.1 Å². The second-order valence-electron chi connectivity index (χ2n) is 8.21. The summed E-state index contributed by atoms with van der Waals surface area (Å²) < 4.78 is 11.8. The molecule has 4 rings (SSSR count). The van der Waals surface area contributed by atoms with Gasteiger partial charge in [0.05, 0.1) is 5.69 Å². The number of para-hydroxylation sites is 1. The van der Waals surface area contributed by atoms with Gasteiger partial charge in [0.15, 0.2) is 5.76 Å². The van der Waals surface area contributed by atoms with Gasteiger partial charge in [0.1, 0.15) is 18.1 Å². The molecule has 0 spiro atoms. The van der Waals surface area contributed by atoms with E-state index in [1.54, 1.807) is 23.9 Å². The van der Waals surface area contributed by atoms with E-state index in [1.165, 1.54) is 0 Å². The summed E-state index contributed by atoms with van der Waals surface area (Å²) in [6.07, 6.45) is 0. The summed E-state index contributed by atoms with van der Waals surface area (Å²) in [6.45, 7) is 6.35. The third-order valence-corrected chi connectivity index (χ3v) is 6.77. The number of halogens is 1. The number of furan rings is 1. The smallest absolute Gasteiger partial charge is 0.291 e. The molecule has 1 N–H and O–H groups in total. The van der Waals surface area contributed by atoms with E-state index >= 15 is 0 Å². The van der Waals surface area contributed by atoms with Crippen molar-refractivity contribution in [3.8, 4) is 5.75 Å². The Morgan fingerprint density at radius 3 is 2.53 bits per heavy atom. The molecule has 0 aliphatic rings. The number of amides is 1. The van der Waals surface area contributed by atoms with Gasteiger partial charge >= 0.3 is 0 Å². The average Bonchev–Trinajstić information content (AvgIpc) is 3.31. The molecule has 1 amide bonds. The van der Waals surface area contributed by atoms with Gasteiger partial charge in [-0.3, -0.25) is 4.79 Å². The number of aryl methyl sites for hydroxylation is 1. The number of carbonyl (C=O) groups is 1. The summed E-state index contributed by atoms with van der Waals surface area (Å²) in [5.41, 5.74) is 2.72. The Balaban J connectivity index is 1.44. The fraction of sp³-hybridized carbons (Fsp3) is 0.179. The molecule has 0 bridgehead atoms. The number of anilines is 1. The number of nitrogens with one attached hydrogen (secondary N) is 1. The summed E-state index contributed by atoms with van der Waals surface area (Å²) in [7, 11) is 0. The first kappa shape index (κ1) is 24.0. The Morgan fingerprint density at radius 2 is 1.76 bits per heavy atom. The Labute approximate surface area is 209 Å².